The number of nitrogens with one attached hydrogen (secondary N) is 2. The third-order valence-electron chi connectivity index (χ3n) is 3.80. The number of rotatable bonds is 4. The molecule has 0 bridgehead atoms. The minimum absolute atomic E-state index is 0.129. The number of benzene rings is 1. The molecule has 0 saturated heterocycles. The first-order chi connectivity index (χ1) is 10.9. The molecule has 0 aliphatic carbocycles. The Morgan fingerprint density at radius 3 is 2.74 bits per heavy atom. The second-order valence-electron chi connectivity index (χ2n) is 5.61. The van der Waals surface area contributed by atoms with E-state index in [1.165, 1.54) is 15.3 Å². The van der Waals surface area contributed by atoms with Gasteiger partial charge in [0.05, 0.1) is 12.2 Å². The summed E-state index contributed by atoms with van der Waals surface area (Å²) in [6.45, 7) is 6.62. The lowest BCUT2D eigenvalue weighted by Gasteiger charge is -2.20. The number of hydrogen-bond donors (Lipinski definition) is 2. The summed E-state index contributed by atoms with van der Waals surface area (Å²) >= 11 is 1.77. The number of thiophene rings is 1. The van der Waals surface area contributed by atoms with Gasteiger partial charge in [0.2, 0.25) is 0 Å². The molecule has 122 valence electrons. The third kappa shape index (κ3) is 3.31. The highest BCUT2D eigenvalue weighted by atomic mass is 32.2. The molecule has 1 aromatic heterocycles. The van der Waals surface area contributed by atoms with Crippen molar-refractivity contribution in [2.45, 2.75) is 31.7 Å². The quantitative estimate of drug-likeness (QED) is 0.889. The molecule has 0 spiro atoms. The van der Waals surface area contributed by atoms with Crippen molar-refractivity contribution >= 4 is 32.9 Å². The Morgan fingerprint density at radius 1 is 1.30 bits per heavy atom. The van der Waals surface area contributed by atoms with Crippen LogP contribution in [0.2, 0.25) is 0 Å². The molecule has 0 unspecified atom stereocenters. The highest BCUT2D eigenvalue weighted by Crippen LogP contribution is 2.28. The van der Waals surface area contributed by atoms with E-state index < -0.39 is 10.0 Å². The van der Waals surface area contributed by atoms with Crippen LogP contribution >= 0.6 is 11.3 Å². The SMILES string of the molecule is Cc1cc([C@H](C)NCC2=NS(=O)(=O)c3ccccc3N2)c(C)s1. The van der Waals surface area contributed by atoms with Gasteiger partial charge in [-0.05, 0) is 44.5 Å². The van der Waals surface area contributed by atoms with Gasteiger partial charge in [0, 0.05) is 15.8 Å². The summed E-state index contributed by atoms with van der Waals surface area (Å²) in [5.41, 5.74) is 1.82. The number of anilines is 1. The molecular formula is C16H19N3O2S2. The van der Waals surface area contributed by atoms with E-state index in [1.807, 2.05) is 0 Å². The summed E-state index contributed by atoms with van der Waals surface area (Å²) in [5.74, 6) is 0.417. The van der Waals surface area contributed by atoms with Crippen molar-refractivity contribution in [1.82, 2.24) is 5.32 Å². The van der Waals surface area contributed by atoms with Crippen LogP contribution in [0.1, 0.15) is 28.3 Å². The Bertz CT molecular complexity index is 869. The molecule has 0 fully saturated rings. The van der Waals surface area contributed by atoms with Gasteiger partial charge in [0.15, 0.2) is 0 Å². The van der Waals surface area contributed by atoms with Crippen molar-refractivity contribution in [3.05, 3.63) is 45.6 Å². The van der Waals surface area contributed by atoms with Gasteiger partial charge in [-0.25, -0.2) is 0 Å². The summed E-state index contributed by atoms with van der Waals surface area (Å²) in [6, 6.07) is 9.10. The van der Waals surface area contributed by atoms with Crippen LogP contribution in [0.15, 0.2) is 39.6 Å². The van der Waals surface area contributed by atoms with Crippen molar-refractivity contribution in [2.75, 3.05) is 11.9 Å². The predicted octanol–water partition coefficient (Wildman–Crippen LogP) is 3.23. The molecule has 3 rings (SSSR count). The minimum Gasteiger partial charge on any atom is -0.341 e. The fourth-order valence-corrected chi connectivity index (χ4v) is 4.85. The molecule has 2 N–H and O–H groups in total. The van der Waals surface area contributed by atoms with Gasteiger partial charge >= 0.3 is 0 Å². The summed E-state index contributed by atoms with van der Waals surface area (Å²) < 4.78 is 28.3. The summed E-state index contributed by atoms with van der Waals surface area (Å²) in [7, 11) is -3.62. The van der Waals surface area contributed by atoms with Gasteiger partial charge < -0.3 is 10.6 Å². The average Bonchev–Trinajstić information content (AvgIpc) is 2.83. The summed E-state index contributed by atoms with van der Waals surface area (Å²) in [6.07, 6.45) is 0. The highest BCUT2D eigenvalue weighted by molar-refractivity contribution is 7.90. The van der Waals surface area contributed by atoms with Crippen LogP contribution in [0.3, 0.4) is 0 Å². The summed E-state index contributed by atoms with van der Waals surface area (Å²) in [4.78, 5) is 2.77. The van der Waals surface area contributed by atoms with Crippen LogP contribution in [0, 0.1) is 13.8 Å². The number of aryl methyl sites for hydroxylation is 2. The lowest BCUT2D eigenvalue weighted by atomic mass is 10.1. The molecule has 0 radical (unpaired) electrons. The van der Waals surface area contributed by atoms with Crippen LogP contribution in [-0.4, -0.2) is 20.8 Å². The van der Waals surface area contributed by atoms with Gasteiger partial charge in [0.25, 0.3) is 10.0 Å². The van der Waals surface area contributed by atoms with Gasteiger partial charge in [-0.2, -0.15) is 8.42 Å². The van der Waals surface area contributed by atoms with Crippen LogP contribution in [0.25, 0.3) is 0 Å². The maximum atomic E-state index is 12.2. The maximum Gasteiger partial charge on any atom is 0.286 e. The second kappa shape index (κ2) is 6.07. The molecule has 7 heteroatoms. The number of amidine groups is 1. The Labute approximate surface area is 140 Å². The monoisotopic (exact) mass is 349 g/mol. The zero-order valence-electron chi connectivity index (χ0n) is 13.3. The van der Waals surface area contributed by atoms with Crippen molar-refractivity contribution in [3.63, 3.8) is 0 Å². The Kier molecular flexibility index (Phi) is 4.27. The van der Waals surface area contributed by atoms with Crippen molar-refractivity contribution < 1.29 is 8.42 Å². The first kappa shape index (κ1) is 16.2. The fraction of sp³-hybridized carbons (Fsp3) is 0.312. The van der Waals surface area contributed by atoms with Gasteiger partial charge in [-0.1, -0.05) is 12.1 Å². The lowest BCUT2D eigenvalue weighted by Crippen LogP contribution is -2.33. The Hall–Kier alpha value is -1.70. The Balaban J connectivity index is 1.75. The van der Waals surface area contributed by atoms with Crippen LogP contribution in [0.5, 0.6) is 0 Å². The topological polar surface area (TPSA) is 70.6 Å². The van der Waals surface area contributed by atoms with E-state index in [1.54, 1.807) is 35.6 Å². The van der Waals surface area contributed by atoms with Crippen LogP contribution in [-0.2, 0) is 10.0 Å². The minimum atomic E-state index is -3.62. The zero-order chi connectivity index (χ0) is 16.6. The summed E-state index contributed by atoms with van der Waals surface area (Å²) in [5, 5.41) is 6.43. The van der Waals surface area contributed by atoms with Gasteiger partial charge in [0.1, 0.15) is 10.7 Å². The number of nitrogens with zero attached hydrogens (tertiary/aromatic N) is 1. The molecule has 2 heterocycles. The molecular weight excluding hydrogens is 330 g/mol. The van der Waals surface area contributed by atoms with Crippen LogP contribution in [0.4, 0.5) is 5.69 Å². The third-order valence-corrected chi connectivity index (χ3v) is 6.15. The number of para-hydroxylation sites is 1. The van der Waals surface area contributed by atoms with Gasteiger partial charge in [-0.15, -0.1) is 15.7 Å². The molecule has 1 aromatic carbocycles. The average molecular weight is 349 g/mol. The van der Waals surface area contributed by atoms with E-state index >= 15 is 0 Å². The second-order valence-corrected chi connectivity index (χ2v) is 8.64. The maximum absolute atomic E-state index is 12.2. The van der Waals surface area contributed by atoms with E-state index in [2.05, 4.69) is 41.9 Å². The molecule has 1 aliphatic rings. The molecule has 0 amide bonds. The van der Waals surface area contributed by atoms with Crippen molar-refractivity contribution in [1.29, 1.82) is 0 Å². The van der Waals surface area contributed by atoms with E-state index in [0.29, 0.717) is 18.1 Å². The highest BCUT2D eigenvalue weighted by Gasteiger charge is 2.24. The standard InChI is InChI=1S/C16H19N3O2S2/c1-10-8-13(12(3)22-10)11(2)17-9-16-18-14-6-4-5-7-15(14)23(20,21)19-16/h4-8,11,17H,9H2,1-3H3,(H,18,19)/t11-/m0/s1. The fourth-order valence-electron chi connectivity index (χ4n) is 2.68. The first-order valence-corrected chi connectivity index (χ1v) is 9.62. The number of hydrogen-bond acceptors (Lipinski definition) is 5. The smallest absolute Gasteiger partial charge is 0.286 e. The Morgan fingerprint density at radius 2 is 2.04 bits per heavy atom. The normalized spacial score (nSPS) is 17.1. The molecule has 23 heavy (non-hydrogen) atoms. The molecule has 1 aliphatic heterocycles. The van der Waals surface area contributed by atoms with Crippen molar-refractivity contribution in [3.8, 4) is 0 Å². The largest absolute Gasteiger partial charge is 0.341 e. The lowest BCUT2D eigenvalue weighted by molar-refractivity contribution is 0.596. The predicted molar refractivity (Wildman–Crippen MR) is 94.9 cm³/mol. The van der Waals surface area contributed by atoms with E-state index in [0.717, 1.165) is 0 Å². The van der Waals surface area contributed by atoms with E-state index in [9.17, 15) is 8.42 Å². The molecule has 0 saturated carbocycles. The van der Waals surface area contributed by atoms with Crippen LogP contribution < -0.4 is 10.6 Å². The molecule has 5 nitrogen and oxygen atoms in total. The van der Waals surface area contributed by atoms with E-state index in [-0.39, 0.29) is 10.9 Å². The van der Waals surface area contributed by atoms with Crippen molar-refractivity contribution in [2.24, 2.45) is 4.40 Å². The van der Waals surface area contributed by atoms with Gasteiger partial charge in [-0.3, -0.25) is 0 Å². The van der Waals surface area contributed by atoms with E-state index in [4.69, 9.17) is 0 Å². The first-order valence-electron chi connectivity index (χ1n) is 7.37. The zero-order valence-corrected chi connectivity index (χ0v) is 14.9. The molecule has 2 aromatic rings. The number of fused-ring (bicyclic) bond motifs is 1. The molecule has 1 atom stereocenters. The number of sulfonamides is 1.